The van der Waals surface area contributed by atoms with Crippen LogP contribution < -0.4 is 16.0 Å². The van der Waals surface area contributed by atoms with Gasteiger partial charge < -0.3 is 16.0 Å². The van der Waals surface area contributed by atoms with Crippen LogP contribution in [0.3, 0.4) is 0 Å². The summed E-state index contributed by atoms with van der Waals surface area (Å²) in [6.07, 6.45) is 0.623. The summed E-state index contributed by atoms with van der Waals surface area (Å²) >= 11 is 5.92. The SMILES string of the molecule is CNC(=O)c1cc(NC(=O)C(=O)N[C@@H](CC(C)C)c2ccc(Cl)cc2)ccc1F. The van der Waals surface area contributed by atoms with E-state index >= 15 is 0 Å². The molecule has 0 unspecified atom stereocenters. The Morgan fingerprint density at radius 3 is 2.28 bits per heavy atom. The molecule has 3 N–H and O–H groups in total. The van der Waals surface area contributed by atoms with Gasteiger partial charge in [0, 0.05) is 17.8 Å². The van der Waals surface area contributed by atoms with E-state index in [1.807, 2.05) is 13.8 Å². The quantitative estimate of drug-likeness (QED) is 0.624. The molecule has 0 aromatic heterocycles. The van der Waals surface area contributed by atoms with Gasteiger partial charge >= 0.3 is 11.8 Å². The molecule has 0 aliphatic rings. The van der Waals surface area contributed by atoms with Crippen LogP contribution in [0.2, 0.25) is 5.02 Å². The first-order chi connectivity index (χ1) is 13.7. The van der Waals surface area contributed by atoms with Gasteiger partial charge in [0.1, 0.15) is 5.82 Å². The molecule has 0 heterocycles. The van der Waals surface area contributed by atoms with Crippen molar-refractivity contribution in [2.75, 3.05) is 12.4 Å². The zero-order valence-electron chi connectivity index (χ0n) is 16.4. The highest BCUT2D eigenvalue weighted by Crippen LogP contribution is 2.23. The lowest BCUT2D eigenvalue weighted by molar-refractivity contribution is -0.136. The van der Waals surface area contributed by atoms with Gasteiger partial charge in [-0.15, -0.1) is 0 Å². The van der Waals surface area contributed by atoms with Crippen molar-refractivity contribution in [2.24, 2.45) is 5.92 Å². The van der Waals surface area contributed by atoms with Crippen molar-refractivity contribution in [3.63, 3.8) is 0 Å². The number of hydrogen-bond acceptors (Lipinski definition) is 3. The predicted molar refractivity (Wildman–Crippen MR) is 110 cm³/mol. The molecule has 2 aromatic carbocycles. The predicted octanol–water partition coefficient (Wildman–Crippen LogP) is 3.68. The largest absolute Gasteiger partial charge is 0.355 e. The topological polar surface area (TPSA) is 87.3 Å². The molecule has 8 heteroatoms. The molecule has 0 bridgehead atoms. The lowest BCUT2D eigenvalue weighted by Gasteiger charge is -2.21. The molecule has 0 aliphatic heterocycles. The molecule has 29 heavy (non-hydrogen) atoms. The van der Waals surface area contributed by atoms with Gasteiger partial charge in [-0.05, 0) is 48.2 Å². The normalized spacial score (nSPS) is 11.7. The maximum atomic E-state index is 13.8. The van der Waals surface area contributed by atoms with E-state index in [0.717, 1.165) is 11.6 Å². The highest BCUT2D eigenvalue weighted by molar-refractivity contribution is 6.39. The monoisotopic (exact) mass is 419 g/mol. The first kappa shape index (κ1) is 22.4. The van der Waals surface area contributed by atoms with Crippen LogP contribution in [0.1, 0.15) is 42.2 Å². The summed E-state index contributed by atoms with van der Waals surface area (Å²) < 4.78 is 13.8. The Morgan fingerprint density at radius 2 is 1.69 bits per heavy atom. The van der Waals surface area contributed by atoms with E-state index in [1.54, 1.807) is 24.3 Å². The second-order valence-electron chi connectivity index (χ2n) is 6.94. The molecule has 2 aromatic rings. The number of halogens is 2. The van der Waals surface area contributed by atoms with Crippen molar-refractivity contribution in [3.05, 3.63) is 64.4 Å². The van der Waals surface area contributed by atoms with Crippen LogP contribution >= 0.6 is 11.6 Å². The fraction of sp³-hybridized carbons (Fsp3) is 0.286. The lowest BCUT2D eigenvalue weighted by Crippen LogP contribution is -2.38. The molecule has 1 atom stereocenters. The Labute approximate surface area is 173 Å². The number of benzene rings is 2. The maximum Gasteiger partial charge on any atom is 0.313 e. The average molecular weight is 420 g/mol. The summed E-state index contributed by atoms with van der Waals surface area (Å²) in [6, 6.07) is 10.1. The minimum Gasteiger partial charge on any atom is -0.355 e. The van der Waals surface area contributed by atoms with Crippen LogP contribution in [0.25, 0.3) is 0 Å². The third-order valence-corrected chi connectivity index (χ3v) is 4.44. The van der Waals surface area contributed by atoms with E-state index < -0.39 is 23.5 Å². The third kappa shape index (κ3) is 6.29. The van der Waals surface area contributed by atoms with Gasteiger partial charge in [-0.3, -0.25) is 14.4 Å². The van der Waals surface area contributed by atoms with Crippen LogP contribution in [-0.4, -0.2) is 24.8 Å². The van der Waals surface area contributed by atoms with Gasteiger partial charge in [-0.25, -0.2) is 4.39 Å². The molecule has 0 fully saturated rings. The minimum absolute atomic E-state index is 0.136. The van der Waals surface area contributed by atoms with Crippen molar-refractivity contribution in [3.8, 4) is 0 Å². The van der Waals surface area contributed by atoms with E-state index in [2.05, 4.69) is 16.0 Å². The number of rotatable bonds is 6. The molecule has 3 amide bonds. The van der Waals surface area contributed by atoms with E-state index in [-0.39, 0.29) is 23.2 Å². The molecule has 0 spiro atoms. The van der Waals surface area contributed by atoms with Gasteiger partial charge in [-0.1, -0.05) is 37.6 Å². The fourth-order valence-electron chi connectivity index (χ4n) is 2.77. The molecule has 0 radical (unpaired) electrons. The van der Waals surface area contributed by atoms with E-state index in [1.165, 1.54) is 19.2 Å². The van der Waals surface area contributed by atoms with E-state index in [9.17, 15) is 18.8 Å². The minimum atomic E-state index is -0.915. The molecule has 2 rings (SSSR count). The molecule has 0 saturated carbocycles. The molecule has 6 nitrogen and oxygen atoms in total. The highest BCUT2D eigenvalue weighted by atomic mass is 35.5. The summed E-state index contributed by atoms with van der Waals surface area (Å²) in [7, 11) is 1.37. The van der Waals surface area contributed by atoms with Gasteiger partial charge in [0.25, 0.3) is 5.91 Å². The summed E-state index contributed by atoms with van der Waals surface area (Å²) in [5.74, 6) is -2.85. The summed E-state index contributed by atoms with van der Waals surface area (Å²) in [4.78, 5) is 36.4. The lowest BCUT2D eigenvalue weighted by atomic mass is 9.97. The number of anilines is 1. The number of carbonyl (C=O) groups excluding carboxylic acids is 3. The van der Waals surface area contributed by atoms with Gasteiger partial charge in [0.15, 0.2) is 0 Å². The van der Waals surface area contributed by atoms with E-state index in [0.29, 0.717) is 11.4 Å². The Morgan fingerprint density at radius 1 is 1.03 bits per heavy atom. The molecular weight excluding hydrogens is 397 g/mol. The second kappa shape index (κ2) is 10.0. The Hall–Kier alpha value is -2.93. The Bertz CT molecular complexity index is 901. The van der Waals surface area contributed by atoms with Crippen molar-refractivity contribution in [2.45, 2.75) is 26.3 Å². The van der Waals surface area contributed by atoms with Crippen LogP contribution in [0.15, 0.2) is 42.5 Å². The smallest absolute Gasteiger partial charge is 0.313 e. The zero-order chi connectivity index (χ0) is 21.6. The van der Waals surface area contributed by atoms with Crippen molar-refractivity contribution in [1.29, 1.82) is 0 Å². The molecule has 0 aliphatic carbocycles. The Balaban J connectivity index is 2.12. The summed E-state index contributed by atoms with van der Waals surface area (Å²) in [5, 5.41) is 7.99. The molecule has 0 saturated heterocycles. The fourth-order valence-corrected chi connectivity index (χ4v) is 2.89. The zero-order valence-corrected chi connectivity index (χ0v) is 17.1. The number of hydrogen-bond donors (Lipinski definition) is 3. The molecular formula is C21H23ClFN3O3. The van der Waals surface area contributed by atoms with Crippen molar-refractivity contribution in [1.82, 2.24) is 10.6 Å². The first-order valence-electron chi connectivity index (χ1n) is 9.10. The molecule has 154 valence electrons. The van der Waals surface area contributed by atoms with Crippen LogP contribution in [0.5, 0.6) is 0 Å². The maximum absolute atomic E-state index is 13.8. The van der Waals surface area contributed by atoms with Crippen LogP contribution in [0, 0.1) is 11.7 Å². The third-order valence-electron chi connectivity index (χ3n) is 4.19. The summed E-state index contributed by atoms with van der Waals surface area (Å²) in [5.41, 5.74) is 0.731. The van der Waals surface area contributed by atoms with Crippen LogP contribution in [0.4, 0.5) is 10.1 Å². The number of nitrogens with one attached hydrogen (secondary N) is 3. The number of amides is 3. The van der Waals surface area contributed by atoms with Gasteiger partial charge in [0.2, 0.25) is 0 Å². The second-order valence-corrected chi connectivity index (χ2v) is 7.37. The van der Waals surface area contributed by atoms with Gasteiger partial charge in [0.05, 0.1) is 11.6 Å². The van der Waals surface area contributed by atoms with Crippen LogP contribution in [-0.2, 0) is 9.59 Å². The highest BCUT2D eigenvalue weighted by Gasteiger charge is 2.22. The summed E-state index contributed by atoms with van der Waals surface area (Å²) in [6.45, 7) is 4.02. The number of carbonyl (C=O) groups is 3. The Kier molecular flexibility index (Phi) is 7.73. The first-order valence-corrected chi connectivity index (χ1v) is 9.48. The van der Waals surface area contributed by atoms with Crippen molar-refractivity contribution < 1.29 is 18.8 Å². The van der Waals surface area contributed by atoms with E-state index in [4.69, 9.17) is 11.6 Å². The average Bonchev–Trinajstić information content (AvgIpc) is 2.68. The standard InChI is InChI=1S/C21H23ClFN3O3/c1-12(2)10-18(13-4-6-14(22)7-5-13)26-21(29)20(28)25-15-8-9-17(23)16(11-15)19(27)24-3/h4-9,11-12,18H,10H2,1-3H3,(H,24,27)(H,25,28)(H,26,29)/t18-/m0/s1. The van der Waals surface area contributed by atoms with Gasteiger partial charge in [-0.2, -0.15) is 0 Å². The van der Waals surface area contributed by atoms with Crippen molar-refractivity contribution >= 4 is 35.0 Å².